The summed E-state index contributed by atoms with van der Waals surface area (Å²) in [6.45, 7) is 8.09. The smallest absolute Gasteiger partial charge is 0.252 e. The van der Waals surface area contributed by atoms with Gasteiger partial charge in [0.25, 0.3) is 5.91 Å². The molecule has 25 heavy (non-hydrogen) atoms. The van der Waals surface area contributed by atoms with E-state index in [2.05, 4.69) is 19.2 Å². The van der Waals surface area contributed by atoms with Crippen LogP contribution in [0.2, 0.25) is 0 Å². The van der Waals surface area contributed by atoms with E-state index in [9.17, 15) is 4.79 Å². The lowest BCUT2D eigenvalue weighted by Gasteiger charge is -2.18. The summed E-state index contributed by atoms with van der Waals surface area (Å²) < 4.78 is 10.6. The average molecular weight is 341 g/mol. The molecule has 1 amide bonds. The summed E-state index contributed by atoms with van der Waals surface area (Å²) in [5.41, 5.74) is 3.66. The van der Waals surface area contributed by atoms with E-state index in [-0.39, 0.29) is 17.9 Å². The molecule has 2 rings (SSSR count). The van der Waals surface area contributed by atoms with Crippen molar-refractivity contribution in [1.29, 1.82) is 0 Å². The van der Waals surface area contributed by atoms with Crippen molar-refractivity contribution in [3.63, 3.8) is 0 Å². The fourth-order valence-electron chi connectivity index (χ4n) is 2.82. The van der Waals surface area contributed by atoms with Crippen LogP contribution in [-0.2, 0) is 0 Å². The Morgan fingerprint density at radius 1 is 1.00 bits per heavy atom. The first-order valence-corrected chi connectivity index (χ1v) is 8.50. The maximum atomic E-state index is 12.8. The molecule has 4 nitrogen and oxygen atoms in total. The minimum absolute atomic E-state index is 0.0784. The highest BCUT2D eigenvalue weighted by Gasteiger charge is 2.18. The Kier molecular flexibility index (Phi) is 6.07. The van der Waals surface area contributed by atoms with Crippen LogP contribution in [0.25, 0.3) is 0 Å². The molecular weight excluding hydrogens is 314 g/mol. The number of hydrogen-bond donors (Lipinski definition) is 1. The molecule has 4 heteroatoms. The third kappa shape index (κ3) is 4.32. The number of amides is 1. The van der Waals surface area contributed by atoms with Crippen molar-refractivity contribution in [3.05, 3.63) is 58.7 Å². The summed E-state index contributed by atoms with van der Waals surface area (Å²) in [6, 6.07) is 11.5. The Balaban J connectivity index is 2.23. The van der Waals surface area contributed by atoms with Gasteiger partial charge in [-0.1, -0.05) is 26.0 Å². The summed E-state index contributed by atoms with van der Waals surface area (Å²) in [7, 11) is 3.30. The molecule has 0 aliphatic carbocycles. The topological polar surface area (TPSA) is 47.6 Å². The third-order valence-electron chi connectivity index (χ3n) is 4.41. The van der Waals surface area contributed by atoms with E-state index in [1.54, 1.807) is 14.2 Å². The van der Waals surface area contributed by atoms with E-state index in [0.29, 0.717) is 5.56 Å². The van der Waals surface area contributed by atoms with E-state index >= 15 is 0 Å². The maximum Gasteiger partial charge on any atom is 0.252 e. The van der Waals surface area contributed by atoms with Crippen molar-refractivity contribution >= 4 is 5.91 Å². The fourth-order valence-corrected chi connectivity index (χ4v) is 2.82. The number of ether oxygens (including phenoxy) is 2. The van der Waals surface area contributed by atoms with Crippen molar-refractivity contribution in [1.82, 2.24) is 5.32 Å². The zero-order chi connectivity index (χ0) is 18.6. The largest absolute Gasteiger partial charge is 0.497 e. The lowest BCUT2D eigenvalue weighted by atomic mass is 9.95. The van der Waals surface area contributed by atoms with Crippen LogP contribution in [-0.4, -0.2) is 20.1 Å². The minimum Gasteiger partial charge on any atom is -0.497 e. The van der Waals surface area contributed by atoms with Gasteiger partial charge in [-0.2, -0.15) is 0 Å². The van der Waals surface area contributed by atoms with Gasteiger partial charge in [-0.05, 0) is 60.7 Å². The Labute approximate surface area is 150 Å². The van der Waals surface area contributed by atoms with Gasteiger partial charge in [0, 0.05) is 5.56 Å². The van der Waals surface area contributed by atoms with Crippen LogP contribution in [0, 0.1) is 6.92 Å². The van der Waals surface area contributed by atoms with Gasteiger partial charge < -0.3 is 14.8 Å². The molecule has 2 aromatic rings. The molecule has 0 saturated heterocycles. The number of aryl methyl sites for hydroxylation is 1. The van der Waals surface area contributed by atoms with Crippen LogP contribution in [0.15, 0.2) is 36.4 Å². The monoisotopic (exact) mass is 341 g/mol. The first-order chi connectivity index (χ1) is 11.9. The molecule has 0 aliphatic rings. The Hall–Kier alpha value is -2.49. The molecule has 134 valence electrons. The first-order valence-electron chi connectivity index (χ1n) is 8.50. The van der Waals surface area contributed by atoms with E-state index in [1.807, 2.05) is 50.2 Å². The van der Waals surface area contributed by atoms with Crippen molar-refractivity contribution < 1.29 is 14.3 Å². The van der Waals surface area contributed by atoms with Crippen molar-refractivity contribution in [3.8, 4) is 11.5 Å². The molecule has 0 bridgehead atoms. The zero-order valence-electron chi connectivity index (χ0n) is 15.8. The standard InChI is InChI=1S/C21H27NO3/c1-13(2)18-12-19(14(3)11-20(18)25-6)21(23)22-15(4)16-7-9-17(24-5)10-8-16/h7-13,15H,1-6H3,(H,22,23)/t15-/m0/s1. The average Bonchev–Trinajstić information content (AvgIpc) is 2.60. The van der Waals surface area contributed by atoms with E-state index < -0.39 is 0 Å². The van der Waals surface area contributed by atoms with Crippen LogP contribution in [0.4, 0.5) is 0 Å². The van der Waals surface area contributed by atoms with Crippen molar-refractivity contribution in [2.24, 2.45) is 0 Å². The molecule has 0 spiro atoms. The molecule has 1 atom stereocenters. The highest BCUT2D eigenvalue weighted by molar-refractivity contribution is 5.96. The quantitative estimate of drug-likeness (QED) is 0.833. The van der Waals surface area contributed by atoms with Gasteiger partial charge in [-0.25, -0.2) is 0 Å². The first kappa shape index (κ1) is 18.8. The lowest BCUT2D eigenvalue weighted by Crippen LogP contribution is -2.27. The van der Waals surface area contributed by atoms with Crippen molar-refractivity contribution in [2.45, 2.75) is 39.7 Å². The molecule has 0 heterocycles. The molecule has 0 fully saturated rings. The predicted molar refractivity (Wildman–Crippen MR) is 101 cm³/mol. The summed E-state index contributed by atoms with van der Waals surface area (Å²) >= 11 is 0. The molecule has 0 radical (unpaired) electrons. The zero-order valence-corrected chi connectivity index (χ0v) is 15.8. The summed E-state index contributed by atoms with van der Waals surface area (Å²) in [5, 5.41) is 3.07. The normalized spacial score (nSPS) is 12.0. The molecule has 0 unspecified atom stereocenters. The van der Waals surface area contributed by atoms with Gasteiger partial charge in [0.2, 0.25) is 0 Å². The summed E-state index contributed by atoms with van der Waals surface area (Å²) in [5.74, 6) is 1.83. The van der Waals surface area contributed by atoms with Crippen LogP contribution >= 0.6 is 0 Å². The van der Waals surface area contributed by atoms with Gasteiger partial charge in [0.05, 0.1) is 20.3 Å². The number of rotatable bonds is 6. The van der Waals surface area contributed by atoms with Gasteiger partial charge in [0.15, 0.2) is 0 Å². The number of carbonyl (C=O) groups excluding carboxylic acids is 1. The SMILES string of the molecule is COc1ccc([C@H](C)NC(=O)c2cc(C(C)C)c(OC)cc2C)cc1. The predicted octanol–water partition coefficient (Wildman–Crippen LogP) is 4.63. The lowest BCUT2D eigenvalue weighted by molar-refractivity contribution is 0.0939. The number of benzene rings is 2. The van der Waals surface area contributed by atoms with E-state index in [0.717, 1.165) is 28.2 Å². The van der Waals surface area contributed by atoms with Gasteiger partial charge >= 0.3 is 0 Å². The molecule has 0 aromatic heterocycles. The Morgan fingerprint density at radius 3 is 2.16 bits per heavy atom. The molecule has 0 aliphatic heterocycles. The highest BCUT2D eigenvalue weighted by Crippen LogP contribution is 2.30. The van der Waals surface area contributed by atoms with E-state index in [1.165, 1.54) is 0 Å². The fraction of sp³-hybridized carbons (Fsp3) is 0.381. The van der Waals surface area contributed by atoms with Crippen LogP contribution in [0.3, 0.4) is 0 Å². The van der Waals surface area contributed by atoms with Crippen molar-refractivity contribution in [2.75, 3.05) is 14.2 Å². The second-order valence-electron chi connectivity index (χ2n) is 6.53. The molecule has 0 saturated carbocycles. The number of methoxy groups -OCH3 is 2. The number of nitrogens with one attached hydrogen (secondary N) is 1. The second kappa shape index (κ2) is 8.06. The van der Waals surface area contributed by atoms with Crippen LogP contribution in [0.5, 0.6) is 11.5 Å². The maximum absolute atomic E-state index is 12.8. The van der Waals surface area contributed by atoms with Crippen LogP contribution < -0.4 is 14.8 Å². The van der Waals surface area contributed by atoms with Gasteiger partial charge in [-0.15, -0.1) is 0 Å². The van der Waals surface area contributed by atoms with Gasteiger partial charge in [0.1, 0.15) is 11.5 Å². The Morgan fingerprint density at radius 2 is 1.64 bits per heavy atom. The molecule has 2 aromatic carbocycles. The summed E-state index contributed by atoms with van der Waals surface area (Å²) in [6.07, 6.45) is 0. The highest BCUT2D eigenvalue weighted by atomic mass is 16.5. The number of carbonyl (C=O) groups is 1. The summed E-state index contributed by atoms with van der Waals surface area (Å²) in [4.78, 5) is 12.8. The molecule has 1 N–H and O–H groups in total. The minimum atomic E-state index is -0.0950. The molecular formula is C21H27NO3. The third-order valence-corrected chi connectivity index (χ3v) is 4.41. The van der Waals surface area contributed by atoms with Gasteiger partial charge in [-0.3, -0.25) is 4.79 Å². The van der Waals surface area contributed by atoms with E-state index in [4.69, 9.17) is 9.47 Å². The Bertz CT molecular complexity index is 736. The number of hydrogen-bond acceptors (Lipinski definition) is 3. The van der Waals surface area contributed by atoms with Crippen LogP contribution in [0.1, 0.15) is 59.8 Å². The second-order valence-corrected chi connectivity index (χ2v) is 6.53.